The number of carbonyl (C=O) groups excluding carboxylic acids is 2. The number of piperidine rings is 1. The summed E-state index contributed by atoms with van der Waals surface area (Å²) in [6, 6.07) is 52.8. The van der Waals surface area contributed by atoms with E-state index in [0.29, 0.717) is 35.4 Å². The number of ketones is 1. The van der Waals surface area contributed by atoms with Gasteiger partial charge in [0.05, 0.1) is 43.0 Å². The summed E-state index contributed by atoms with van der Waals surface area (Å²) in [5.41, 5.74) is 11.5. The first-order valence-electron chi connectivity index (χ1n) is 20.6. The fourth-order valence-electron chi connectivity index (χ4n) is 8.42. The lowest BCUT2D eigenvalue weighted by Crippen LogP contribution is -2.41. The highest BCUT2D eigenvalue weighted by Crippen LogP contribution is 2.32. The molecule has 9 rings (SSSR count). The molecule has 1 aliphatic rings. The van der Waals surface area contributed by atoms with Crippen LogP contribution >= 0.6 is 0 Å². The largest absolute Gasteiger partial charge is 0.450 e. The van der Waals surface area contributed by atoms with Crippen molar-refractivity contribution in [3.63, 3.8) is 0 Å². The van der Waals surface area contributed by atoms with Gasteiger partial charge < -0.3 is 13.9 Å². The van der Waals surface area contributed by atoms with Crippen molar-refractivity contribution in [3.8, 4) is 34.4 Å². The van der Waals surface area contributed by atoms with Crippen molar-refractivity contribution >= 4 is 45.8 Å². The minimum Gasteiger partial charge on any atom is -0.450 e. The van der Waals surface area contributed by atoms with Crippen molar-refractivity contribution in [2.24, 2.45) is 0 Å². The molecule has 1 saturated heterocycles. The molecule has 1 aliphatic heterocycles. The van der Waals surface area contributed by atoms with Gasteiger partial charge in [0.25, 0.3) is 0 Å². The molecule has 62 heavy (non-hydrogen) atoms. The molecule has 0 N–H and O–H groups in total. The second kappa shape index (κ2) is 17.2. The number of benzene rings is 6. The number of carbonyl (C=O) groups is 2. The summed E-state index contributed by atoms with van der Waals surface area (Å²) in [6.45, 7) is 3.05. The number of para-hydroxylation sites is 2. The fraction of sp³-hybridized carbons (Fsp3) is 0.111. The van der Waals surface area contributed by atoms with E-state index in [2.05, 4.69) is 21.3 Å². The highest BCUT2D eigenvalue weighted by molar-refractivity contribution is 6.16. The van der Waals surface area contributed by atoms with Gasteiger partial charge in [-0.1, -0.05) is 121 Å². The molecule has 0 radical (unpaired) electrons. The van der Waals surface area contributed by atoms with Crippen LogP contribution in [0.2, 0.25) is 0 Å². The number of rotatable bonds is 9. The van der Waals surface area contributed by atoms with Crippen molar-refractivity contribution in [1.29, 1.82) is 10.5 Å². The number of ether oxygens (including phenoxy) is 1. The van der Waals surface area contributed by atoms with Gasteiger partial charge in [-0.2, -0.15) is 10.5 Å². The van der Waals surface area contributed by atoms with Crippen LogP contribution in [0.25, 0.3) is 56.2 Å². The Bertz CT molecular complexity index is 2960. The lowest BCUT2D eigenvalue weighted by atomic mass is 9.94. The normalized spacial score (nSPS) is 14.0. The predicted molar refractivity (Wildman–Crippen MR) is 245 cm³/mol. The number of nitrogens with zero attached hydrogens (tertiary/aromatic N) is 5. The van der Waals surface area contributed by atoms with E-state index in [9.17, 15) is 20.1 Å². The maximum absolute atomic E-state index is 14.6. The van der Waals surface area contributed by atoms with E-state index in [0.717, 1.165) is 66.3 Å². The molecule has 6 aromatic carbocycles. The van der Waals surface area contributed by atoms with Crippen molar-refractivity contribution in [2.75, 3.05) is 19.7 Å². The zero-order valence-electron chi connectivity index (χ0n) is 34.2. The van der Waals surface area contributed by atoms with E-state index in [-0.39, 0.29) is 25.5 Å². The van der Waals surface area contributed by atoms with E-state index in [1.54, 1.807) is 11.8 Å². The molecule has 3 heterocycles. The van der Waals surface area contributed by atoms with Crippen LogP contribution in [-0.2, 0) is 22.6 Å². The third-order valence-corrected chi connectivity index (χ3v) is 11.5. The smallest absolute Gasteiger partial charge is 0.410 e. The number of likely N-dealkylation sites (tertiary alicyclic amines) is 1. The summed E-state index contributed by atoms with van der Waals surface area (Å²) in [7, 11) is 0. The van der Waals surface area contributed by atoms with Crippen LogP contribution in [-0.4, -0.2) is 45.6 Å². The van der Waals surface area contributed by atoms with E-state index >= 15 is 0 Å². The van der Waals surface area contributed by atoms with Gasteiger partial charge in [-0.3, -0.25) is 9.69 Å². The number of nitriles is 2. The average molecular weight is 808 g/mol. The Hall–Kier alpha value is -8.20. The first-order chi connectivity index (χ1) is 30.4. The van der Waals surface area contributed by atoms with Crippen LogP contribution in [0.4, 0.5) is 4.79 Å². The molecule has 1 fully saturated rings. The first kappa shape index (κ1) is 39.3. The molecule has 0 unspecified atom stereocenters. The summed E-state index contributed by atoms with van der Waals surface area (Å²) >= 11 is 0. The Morgan fingerprint density at radius 3 is 1.47 bits per heavy atom. The van der Waals surface area contributed by atoms with E-state index in [1.807, 2.05) is 170 Å². The molecule has 8 nitrogen and oxygen atoms in total. The second-order valence-corrected chi connectivity index (χ2v) is 15.4. The first-order valence-corrected chi connectivity index (χ1v) is 20.6. The molecule has 0 atom stereocenters. The lowest BCUT2D eigenvalue weighted by molar-refractivity contribution is -0.113. The van der Waals surface area contributed by atoms with Gasteiger partial charge in [0, 0.05) is 69.6 Å². The summed E-state index contributed by atoms with van der Waals surface area (Å²) < 4.78 is 9.68. The quantitative estimate of drug-likeness (QED) is 0.135. The highest BCUT2D eigenvalue weighted by Gasteiger charge is 2.30. The number of hydrogen-bond donors (Lipinski definition) is 0. The molecular formula is C54H41N5O3. The van der Waals surface area contributed by atoms with Gasteiger partial charge in [0.1, 0.15) is 0 Å². The second-order valence-electron chi connectivity index (χ2n) is 15.4. The number of aromatic nitrogens is 2. The van der Waals surface area contributed by atoms with Crippen LogP contribution in [0.5, 0.6) is 0 Å². The fourth-order valence-corrected chi connectivity index (χ4v) is 8.42. The maximum atomic E-state index is 14.6. The third-order valence-electron chi connectivity index (χ3n) is 11.5. The summed E-state index contributed by atoms with van der Waals surface area (Å²) in [6.07, 6.45) is 7.30. The SMILES string of the molecule is CCOC(=O)N1C/C(=C\c2cn(Cc3ccc(-c4ccccc4)cc3C#N)c3ccccc23)C(=O)/C(=C/c2cn(Cc3ccc(-c4ccccc4)cc3C#N)c3ccccc23)C1. The standard InChI is InChI=1S/C54H41N5O3/c1-2-62-54(61)59-35-47(27-45-33-57(51-19-11-9-17-49(45)51)31-41-23-21-39(25-43(41)29-55)37-13-5-3-6-14-37)53(60)48(36-59)28-46-34-58(52-20-12-10-18-50(46)52)32-42-24-22-40(26-44(42)30-56)38-15-7-4-8-16-38/h3-28,33-34H,2,31-32,35-36H2,1H3/b47-27+,48-28+. The van der Waals surface area contributed by atoms with Crippen LogP contribution in [0.15, 0.2) is 169 Å². The van der Waals surface area contributed by atoms with Crippen molar-refractivity contribution in [2.45, 2.75) is 20.0 Å². The average Bonchev–Trinajstić information content (AvgIpc) is 3.84. The van der Waals surface area contributed by atoms with Crippen LogP contribution in [0.3, 0.4) is 0 Å². The molecule has 300 valence electrons. The highest BCUT2D eigenvalue weighted by atomic mass is 16.6. The van der Waals surface area contributed by atoms with Crippen molar-refractivity contribution in [3.05, 3.63) is 203 Å². The van der Waals surface area contributed by atoms with E-state index in [1.165, 1.54) is 0 Å². The molecule has 2 aromatic heterocycles. The Kier molecular flexibility index (Phi) is 10.9. The van der Waals surface area contributed by atoms with E-state index in [4.69, 9.17) is 4.74 Å². The summed E-state index contributed by atoms with van der Waals surface area (Å²) in [4.78, 5) is 29.5. The summed E-state index contributed by atoms with van der Waals surface area (Å²) in [5, 5.41) is 22.3. The summed E-state index contributed by atoms with van der Waals surface area (Å²) in [5.74, 6) is -0.147. The third kappa shape index (κ3) is 7.81. The van der Waals surface area contributed by atoms with E-state index < -0.39 is 6.09 Å². The minimum absolute atomic E-state index is 0.0890. The monoisotopic (exact) mass is 807 g/mol. The van der Waals surface area contributed by atoms with Crippen LogP contribution in [0.1, 0.15) is 40.3 Å². The Morgan fingerprint density at radius 2 is 1.03 bits per heavy atom. The number of Topliss-reactive ketones (excluding diaryl/α,β-unsaturated/α-hetero) is 1. The molecule has 0 aliphatic carbocycles. The van der Waals surface area contributed by atoms with Crippen molar-refractivity contribution in [1.82, 2.24) is 14.0 Å². The van der Waals surface area contributed by atoms with Gasteiger partial charge in [-0.05, 0) is 76.7 Å². The Labute approximate surface area is 360 Å². The lowest BCUT2D eigenvalue weighted by Gasteiger charge is -2.29. The molecule has 8 aromatic rings. The number of fused-ring (bicyclic) bond motifs is 2. The zero-order chi connectivity index (χ0) is 42.6. The van der Waals surface area contributed by atoms with Crippen LogP contribution < -0.4 is 0 Å². The zero-order valence-corrected chi connectivity index (χ0v) is 34.2. The van der Waals surface area contributed by atoms with Gasteiger partial charge in [-0.25, -0.2) is 4.79 Å². The predicted octanol–water partition coefficient (Wildman–Crippen LogP) is 11.3. The minimum atomic E-state index is -0.493. The van der Waals surface area contributed by atoms with Gasteiger partial charge in [-0.15, -0.1) is 0 Å². The van der Waals surface area contributed by atoms with Gasteiger partial charge >= 0.3 is 6.09 Å². The Balaban J connectivity index is 1.07. The molecule has 0 spiro atoms. The molecular weight excluding hydrogens is 767 g/mol. The molecule has 1 amide bonds. The van der Waals surface area contributed by atoms with Gasteiger partial charge in [0.2, 0.25) is 0 Å². The number of amides is 1. The Morgan fingerprint density at radius 1 is 0.597 bits per heavy atom. The molecule has 8 heteroatoms. The molecule has 0 bridgehead atoms. The number of hydrogen-bond acceptors (Lipinski definition) is 5. The molecule has 0 saturated carbocycles. The van der Waals surface area contributed by atoms with Crippen molar-refractivity contribution < 1.29 is 14.3 Å². The van der Waals surface area contributed by atoms with Crippen LogP contribution in [0, 0.1) is 22.7 Å². The van der Waals surface area contributed by atoms with Gasteiger partial charge in [0.15, 0.2) is 5.78 Å². The maximum Gasteiger partial charge on any atom is 0.410 e. The topological polar surface area (TPSA) is 104 Å².